The highest BCUT2D eigenvalue weighted by atomic mass is 35.5. The van der Waals surface area contributed by atoms with Gasteiger partial charge in [-0.05, 0) is 63.0 Å². The minimum atomic E-state index is 0.727. The first-order chi connectivity index (χ1) is 14.0. The number of halogens is 2. The molecule has 0 saturated carbocycles. The zero-order chi connectivity index (χ0) is 20.4. The molecule has 0 atom stereocenters. The van der Waals surface area contributed by atoms with Crippen LogP contribution in [0, 0.1) is 0 Å². The fourth-order valence-corrected chi connectivity index (χ4v) is 4.05. The van der Waals surface area contributed by atoms with Crippen molar-refractivity contribution in [3.8, 4) is 22.3 Å². The van der Waals surface area contributed by atoms with E-state index in [4.69, 9.17) is 23.2 Å². The number of rotatable bonds is 6. The molecule has 2 aromatic carbocycles. The fourth-order valence-electron chi connectivity index (χ4n) is 3.66. The lowest BCUT2D eigenvalue weighted by Gasteiger charge is -2.10. The van der Waals surface area contributed by atoms with E-state index in [2.05, 4.69) is 46.9 Å². The molecule has 0 N–H and O–H groups in total. The molecule has 148 valence electrons. The molecular weight excluding hydrogens is 401 g/mol. The van der Waals surface area contributed by atoms with Crippen molar-refractivity contribution in [2.24, 2.45) is 0 Å². The summed E-state index contributed by atoms with van der Waals surface area (Å²) >= 11 is 12.7. The average Bonchev–Trinajstić information content (AvgIpc) is 3.09. The third kappa shape index (κ3) is 4.32. The molecule has 29 heavy (non-hydrogen) atoms. The lowest BCUT2D eigenvalue weighted by Crippen LogP contribution is -2.14. The number of pyridine rings is 1. The van der Waals surface area contributed by atoms with Crippen molar-refractivity contribution in [2.45, 2.75) is 13.0 Å². The summed E-state index contributed by atoms with van der Waals surface area (Å²) in [5.41, 5.74) is 5.47. The van der Waals surface area contributed by atoms with Crippen molar-refractivity contribution in [1.29, 1.82) is 0 Å². The van der Waals surface area contributed by atoms with E-state index in [1.165, 1.54) is 0 Å². The summed E-state index contributed by atoms with van der Waals surface area (Å²) in [6.45, 7) is 1.99. The predicted octanol–water partition coefficient (Wildman–Crippen LogP) is 6.63. The molecule has 0 aliphatic rings. The Balaban J connectivity index is 1.77. The second-order valence-corrected chi connectivity index (χ2v) is 8.34. The molecule has 5 heteroatoms. The van der Waals surface area contributed by atoms with Gasteiger partial charge in [0.25, 0.3) is 0 Å². The van der Waals surface area contributed by atoms with Gasteiger partial charge in [-0.15, -0.1) is 0 Å². The minimum absolute atomic E-state index is 0.727. The first-order valence-corrected chi connectivity index (χ1v) is 10.4. The van der Waals surface area contributed by atoms with Gasteiger partial charge in [0, 0.05) is 52.2 Å². The number of hydrogen-bond donors (Lipinski definition) is 0. The first-order valence-electron chi connectivity index (χ1n) is 9.66. The largest absolute Gasteiger partial charge is 0.347 e. The fraction of sp³-hybridized carbons (Fsp3) is 0.208. The lowest BCUT2D eigenvalue weighted by molar-refractivity contribution is 0.388. The standard InChI is InChI=1S/C24H23Cl2N3/c1-28(2)11-4-12-29-16-21(24-22(26)5-3-6-23(24)29)19-13-18(14-27-15-19)17-7-9-20(25)10-8-17/h3,5-10,13-16H,4,11-12H2,1-2H3. The van der Waals surface area contributed by atoms with Gasteiger partial charge in [0.1, 0.15) is 0 Å². The summed E-state index contributed by atoms with van der Waals surface area (Å²) in [7, 11) is 4.20. The van der Waals surface area contributed by atoms with Crippen LogP contribution in [-0.4, -0.2) is 35.1 Å². The van der Waals surface area contributed by atoms with Crippen LogP contribution < -0.4 is 0 Å². The summed E-state index contributed by atoms with van der Waals surface area (Å²) < 4.78 is 2.30. The number of benzene rings is 2. The smallest absolute Gasteiger partial charge is 0.0506 e. The number of aromatic nitrogens is 2. The number of aryl methyl sites for hydroxylation is 1. The highest BCUT2D eigenvalue weighted by Gasteiger charge is 2.14. The zero-order valence-corrected chi connectivity index (χ0v) is 18.1. The van der Waals surface area contributed by atoms with E-state index in [1.807, 2.05) is 48.8 Å². The molecule has 4 rings (SSSR count). The van der Waals surface area contributed by atoms with Crippen LogP contribution in [0.4, 0.5) is 0 Å². The summed E-state index contributed by atoms with van der Waals surface area (Å²) in [5, 5.41) is 2.57. The van der Waals surface area contributed by atoms with Gasteiger partial charge in [0.2, 0.25) is 0 Å². The Labute approximate surface area is 181 Å². The second kappa shape index (κ2) is 8.58. The summed E-state index contributed by atoms with van der Waals surface area (Å²) in [4.78, 5) is 6.71. The van der Waals surface area contributed by atoms with Crippen LogP contribution in [0.3, 0.4) is 0 Å². The molecule has 2 heterocycles. The monoisotopic (exact) mass is 423 g/mol. The molecule has 0 aliphatic heterocycles. The van der Waals surface area contributed by atoms with Crippen LogP contribution in [-0.2, 0) is 6.54 Å². The summed E-state index contributed by atoms with van der Waals surface area (Å²) in [5.74, 6) is 0. The van der Waals surface area contributed by atoms with Crippen LogP contribution >= 0.6 is 23.2 Å². The van der Waals surface area contributed by atoms with Gasteiger partial charge < -0.3 is 9.47 Å². The van der Waals surface area contributed by atoms with Crippen LogP contribution in [0.2, 0.25) is 10.0 Å². The van der Waals surface area contributed by atoms with Crippen LogP contribution in [0.5, 0.6) is 0 Å². The van der Waals surface area contributed by atoms with Gasteiger partial charge in [0.05, 0.1) is 10.5 Å². The van der Waals surface area contributed by atoms with Crippen molar-refractivity contribution in [2.75, 3.05) is 20.6 Å². The maximum atomic E-state index is 6.63. The van der Waals surface area contributed by atoms with Gasteiger partial charge in [-0.2, -0.15) is 0 Å². The van der Waals surface area contributed by atoms with Gasteiger partial charge in [-0.3, -0.25) is 4.98 Å². The molecule has 0 saturated heterocycles. The third-order valence-corrected chi connectivity index (χ3v) is 5.65. The number of hydrogen-bond acceptors (Lipinski definition) is 2. The molecule has 2 aromatic heterocycles. The van der Waals surface area contributed by atoms with E-state index >= 15 is 0 Å². The molecule has 0 unspecified atom stereocenters. The van der Waals surface area contributed by atoms with E-state index in [9.17, 15) is 0 Å². The highest BCUT2D eigenvalue weighted by molar-refractivity contribution is 6.36. The van der Waals surface area contributed by atoms with E-state index < -0.39 is 0 Å². The van der Waals surface area contributed by atoms with Crippen molar-refractivity contribution < 1.29 is 0 Å². The average molecular weight is 424 g/mol. The molecular formula is C24H23Cl2N3. The normalized spacial score (nSPS) is 11.5. The molecule has 0 fully saturated rings. The topological polar surface area (TPSA) is 21.1 Å². The summed E-state index contributed by atoms with van der Waals surface area (Å²) in [6.07, 6.45) is 7.06. The Morgan fingerprint density at radius 1 is 0.931 bits per heavy atom. The van der Waals surface area contributed by atoms with Crippen LogP contribution in [0.25, 0.3) is 33.2 Å². The third-order valence-electron chi connectivity index (χ3n) is 5.09. The molecule has 0 radical (unpaired) electrons. The van der Waals surface area contributed by atoms with Gasteiger partial charge >= 0.3 is 0 Å². The van der Waals surface area contributed by atoms with Crippen molar-refractivity contribution in [3.05, 3.63) is 77.2 Å². The second-order valence-electron chi connectivity index (χ2n) is 7.50. The first kappa shape index (κ1) is 20.0. The molecule has 0 aliphatic carbocycles. The van der Waals surface area contributed by atoms with Crippen LogP contribution in [0.1, 0.15) is 6.42 Å². The van der Waals surface area contributed by atoms with E-state index in [1.54, 1.807) is 0 Å². The van der Waals surface area contributed by atoms with Gasteiger partial charge in [-0.1, -0.05) is 41.4 Å². The SMILES string of the molecule is CN(C)CCCn1cc(-c2cncc(-c3ccc(Cl)cc3)c2)c2c(Cl)cccc21. The Morgan fingerprint density at radius 3 is 2.45 bits per heavy atom. The molecule has 4 aromatic rings. The quantitative estimate of drug-likeness (QED) is 0.346. The Bertz CT molecular complexity index is 1130. The minimum Gasteiger partial charge on any atom is -0.347 e. The maximum Gasteiger partial charge on any atom is 0.0506 e. The van der Waals surface area contributed by atoms with E-state index in [0.717, 1.165) is 62.7 Å². The van der Waals surface area contributed by atoms with Crippen molar-refractivity contribution in [3.63, 3.8) is 0 Å². The van der Waals surface area contributed by atoms with E-state index in [0.29, 0.717) is 0 Å². The van der Waals surface area contributed by atoms with Gasteiger partial charge in [-0.25, -0.2) is 0 Å². The summed E-state index contributed by atoms with van der Waals surface area (Å²) in [6, 6.07) is 16.1. The Kier molecular flexibility index (Phi) is 5.91. The van der Waals surface area contributed by atoms with Gasteiger partial charge in [0.15, 0.2) is 0 Å². The molecule has 0 amide bonds. The Hall–Kier alpha value is -2.33. The lowest BCUT2D eigenvalue weighted by atomic mass is 10.0. The molecule has 0 spiro atoms. The van der Waals surface area contributed by atoms with Crippen LogP contribution in [0.15, 0.2) is 67.1 Å². The maximum absolute atomic E-state index is 6.63. The number of nitrogens with zero attached hydrogens (tertiary/aromatic N) is 3. The number of fused-ring (bicyclic) bond motifs is 1. The molecule has 3 nitrogen and oxygen atoms in total. The van der Waals surface area contributed by atoms with Crippen molar-refractivity contribution >= 4 is 34.1 Å². The molecule has 0 bridgehead atoms. The zero-order valence-electron chi connectivity index (χ0n) is 16.6. The van der Waals surface area contributed by atoms with Crippen molar-refractivity contribution in [1.82, 2.24) is 14.5 Å². The highest BCUT2D eigenvalue weighted by Crippen LogP contribution is 2.36. The predicted molar refractivity (Wildman–Crippen MR) is 124 cm³/mol. The Morgan fingerprint density at radius 2 is 1.69 bits per heavy atom. The van der Waals surface area contributed by atoms with E-state index in [-0.39, 0.29) is 0 Å².